The lowest BCUT2D eigenvalue weighted by Gasteiger charge is -2.13. The van der Waals surface area contributed by atoms with Gasteiger partial charge in [-0.3, -0.25) is 4.79 Å². The molecule has 1 aliphatic carbocycles. The highest BCUT2D eigenvalue weighted by Crippen LogP contribution is 2.51. The van der Waals surface area contributed by atoms with Gasteiger partial charge in [-0.05, 0) is 37.7 Å². The van der Waals surface area contributed by atoms with Gasteiger partial charge in [0.25, 0.3) is 15.0 Å². The van der Waals surface area contributed by atoms with Crippen LogP contribution in [-0.2, 0) is 9.05 Å². The average molecular weight is 333 g/mol. The standard InChI is InChI=1S/C14H21ClN2O3S/c1-9(2)17-8-11(21(15,19)20)5-12(17)13(18)16-7-10-6-14(10,3)4/h5,8-10H,6-7H2,1-4H3,(H,16,18). The molecule has 0 bridgehead atoms. The highest BCUT2D eigenvalue weighted by Gasteiger charge is 2.45. The Morgan fingerprint density at radius 2 is 2.10 bits per heavy atom. The van der Waals surface area contributed by atoms with E-state index in [1.807, 2.05) is 13.8 Å². The number of hydrogen-bond acceptors (Lipinski definition) is 3. The average Bonchev–Trinajstić information content (AvgIpc) is 2.76. The molecule has 1 atom stereocenters. The Hall–Kier alpha value is -1.01. The first kappa shape index (κ1) is 16.4. The second-order valence-electron chi connectivity index (χ2n) is 6.60. The predicted molar refractivity (Wildman–Crippen MR) is 82.1 cm³/mol. The smallest absolute Gasteiger partial charge is 0.267 e. The summed E-state index contributed by atoms with van der Waals surface area (Å²) in [7, 11) is 1.52. The van der Waals surface area contributed by atoms with Gasteiger partial charge in [0.15, 0.2) is 0 Å². The molecule has 1 N–H and O–H groups in total. The van der Waals surface area contributed by atoms with E-state index in [1.54, 1.807) is 4.57 Å². The summed E-state index contributed by atoms with van der Waals surface area (Å²) in [6.45, 7) is 8.70. The molecule has 0 saturated heterocycles. The largest absolute Gasteiger partial charge is 0.350 e. The normalized spacial score (nSPS) is 20.6. The monoisotopic (exact) mass is 332 g/mol. The molecule has 2 rings (SSSR count). The number of aromatic nitrogens is 1. The molecule has 0 spiro atoms. The topological polar surface area (TPSA) is 68.2 Å². The van der Waals surface area contributed by atoms with Gasteiger partial charge in [0.1, 0.15) is 10.6 Å². The van der Waals surface area contributed by atoms with E-state index >= 15 is 0 Å². The Morgan fingerprint density at radius 1 is 1.52 bits per heavy atom. The lowest BCUT2D eigenvalue weighted by molar-refractivity contribution is 0.0940. The molecule has 1 heterocycles. The Kier molecular flexibility index (Phi) is 4.14. The van der Waals surface area contributed by atoms with Crippen molar-refractivity contribution < 1.29 is 13.2 Å². The summed E-state index contributed by atoms with van der Waals surface area (Å²) in [6.07, 6.45) is 2.50. The minimum atomic E-state index is -3.84. The van der Waals surface area contributed by atoms with Crippen molar-refractivity contribution in [2.75, 3.05) is 6.54 Å². The van der Waals surface area contributed by atoms with Crippen LogP contribution in [0.3, 0.4) is 0 Å². The molecule has 1 fully saturated rings. The zero-order valence-corrected chi connectivity index (χ0v) is 14.3. The van der Waals surface area contributed by atoms with Gasteiger partial charge in [-0.2, -0.15) is 0 Å². The van der Waals surface area contributed by atoms with Crippen LogP contribution in [-0.4, -0.2) is 25.4 Å². The zero-order valence-electron chi connectivity index (χ0n) is 12.7. The lowest BCUT2D eigenvalue weighted by Crippen LogP contribution is -2.28. The molecule has 1 aromatic heterocycles. The molecule has 0 aliphatic heterocycles. The first-order valence-corrected chi connectivity index (χ1v) is 9.28. The molecule has 0 aromatic carbocycles. The molecule has 7 heteroatoms. The Balaban J connectivity index is 2.17. The molecule has 1 aliphatic rings. The van der Waals surface area contributed by atoms with Gasteiger partial charge >= 0.3 is 0 Å². The minimum Gasteiger partial charge on any atom is -0.350 e. The maximum Gasteiger partial charge on any atom is 0.267 e. The fourth-order valence-electron chi connectivity index (χ4n) is 2.43. The third-order valence-electron chi connectivity index (χ3n) is 4.12. The number of nitrogens with zero attached hydrogens (tertiary/aromatic N) is 1. The number of carbonyl (C=O) groups excluding carboxylic acids is 1. The summed E-state index contributed by atoms with van der Waals surface area (Å²) in [5.74, 6) is 0.220. The van der Waals surface area contributed by atoms with Crippen molar-refractivity contribution in [3.8, 4) is 0 Å². The summed E-state index contributed by atoms with van der Waals surface area (Å²) in [5, 5.41) is 2.88. The minimum absolute atomic E-state index is 0.0321. The van der Waals surface area contributed by atoms with E-state index in [-0.39, 0.29) is 22.3 Å². The van der Waals surface area contributed by atoms with Crippen molar-refractivity contribution in [3.63, 3.8) is 0 Å². The number of halogens is 1. The van der Waals surface area contributed by atoms with E-state index in [0.29, 0.717) is 18.2 Å². The molecular formula is C14H21ClN2O3S. The number of nitrogens with one attached hydrogen (secondary N) is 1. The summed E-state index contributed by atoms with van der Waals surface area (Å²) in [4.78, 5) is 12.2. The summed E-state index contributed by atoms with van der Waals surface area (Å²) in [6, 6.07) is 1.30. The van der Waals surface area contributed by atoms with Crippen molar-refractivity contribution in [1.29, 1.82) is 0 Å². The fourth-order valence-corrected chi connectivity index (χ4v) is 3.17. The van der Waals surface area contributed by atoms with E-state index in [2.05, 4.69) is 19.2 Å². The van der Waals surface area contributed by atoms with E-state index in [9.17, 15) is 13.2 Å². The Bertz CT molecular complexity index is 662. The van der Waals surface area contributed by atoms with Gasteiger partial charge in [0, 0.05) is 29.5 Å². The van der Waals surface area contributed by atoms with Gasteiger partial charge in [-0.1, -0.05) is 13.8 Å². The van der Waals surface area contributed by atoms with Crippen LogP contribution >= 0.6 is 10.7 Å². The highest BCUT2D eigenvalue weighted by atomic mass is 35.7. The third kappa shape index (κ3) is 3.61. The fraction of sp³-hybridized carbons (Fsp3) is 0.643. The van der Waals surface area contributed by atoms with E-state index in [1.165, 1.54) is 12.3 Å². The van der Waals surface area contributed by atoms with E-state index < -0.39 is 9.05 Å². The second kappa shape index (κ2) is 5.32. The molecule has 1 unspecified atom stereocenters. The van der Waals surface area contributed by atoms with Crippen LogP contribution in [0, 0.1) is 11.3 Å². The van der Waals surface area contributed by atoms with Crippen molar-refractivity contribution in [2.24, 2.45) is 11.3 Å². The molecule has 1 amide bonds. The summed E-state index contributed by atoms with van der Waals surface area (Å²) in [5.41, 5.74) is 0.612. The Labute approximate surface area is 130 Å². The molecule has 118 valence electrons. The molecular weight excluding hydrogens is 312 g/mol. The van der Waals surface area contributed by atoms with Crippen molar-refractivity contribution in [3.05, 3.63) is 18.0 Å². The van der Waals surface area contributed by atoms with Gasteiger partial charge in [-0.15, -0.1) is 0 Å². The van der Waals surface area contributed by atoms with Crippen LogP contribution in [0.2, 0.25) is 0 Å². The maximum atomic E-state index is 12.3. The van der Waals surface area contributed by atoms with Crippen LogP contribution < -0.4 is 5.32 Å². The first-order valence-electron chi connectivity index (χ1n) is 6.97. The summed E-state index contributed by atoms with van der Waals surface area (Å²) < 4.78 is 24.5. The van der Waals surface area contributed by atoms with Crippen LogP contribution in [0.4, 0.5) is 0 Å². The third-order valence-corrected chi connectivity index (χ3v) is 5.44. The summed E-state index contributed by atoms with van der Waals surface area (Å²) >= 11 is 0. The molecule has 21 heavy (non-hydrogen) atoms. The van der Waals surface area contributed by atoms with Crippen LogP contribution in [0.1, 0.15) is 50.6 Å². The zero-order chi connectivity index (χ0) is 16.0. The Morgan fingerprint density at radius 3 is 2.52 bits per heavy atom. The number of hydrogen-bond donors (Lipinski definition) is 1. The van der Waals surface area contributed by atoms with Gasteiger partial charge < -0.3 is 9.88 Å². The van der Waals surface area contributed by atoms with Crippen LogP contribution in [0.5, 0.6) is 0 Å². The quantitative estimate of drug-likeness (QED) is 0.843. The van der Waals surface area contributed by atoms with Crippen LogP contribution in [0.25, 0.3) is 0 Å². The first-order chi connectivity index (χ1) is 9.52. The highest BCUT2D eigenvalue weighted by molar-refractivity contribution is 8.13. The number of carbonyl (C=O) groups is 1. The van der Waals surface area contributed by atoms with Crippen molar-refractivity contribution in [1.82, 2.24) is 9.88 Å². The molecule has 5 nitrogen and oxygen atoms in total. The van der Waals surface area contributed by atoms with Gasteiger partial charge in [0.05, 0.1) is 0 Å². The van der Waals surface area contributed by atoms with Crippen LogP contribution in [0.15, 0.2) is 17.2 Å². The van der Waals surface area contributed by atoms with Crippen molar-refractivity contribution in [2.45, 2.75) is 45.1 Å². The number of rotatable bonds is 5. The van der Waals surface area contributed by atoms with Gasteiger partial charge in [0.2, 0.25) is 0 Å². The second-order valence-corrected chi connectivity index (χ2v) is 9.17. The van der Waals surface area contributed by atoms with E-state index in [0.717, 1.165) is 6.42 Å². The maximum absolute atomic E-state index is 12.3. The lowest BCUT2D eigenvalue weighted by atomic mass is 10.1. The van der Waals surface area contributed by atoms with Crippen molar-refractivity contribution >= 4 is 25.6 Å². The molecule has 1 saturated carbocycles. The molecule has 0 radical (unpaired) electrons. The van der Waals surface area contributed by atoms with Gasteiger partial charge in [-0.25, -0.2) is 8.42 Å². The predicted octanol–water partition coefficient (Wildman–Crippen LogP) is 2.77. The molecule has 1 aromatic rings. The van der Waals surface area contributed by atoms with E-state index in [4.69, 9.17) is 10.7 Å². The SMILES string of the molecule is CC(C)n1cc(S(=O)(=O)Cl)cc1C(=O)NCC1CC1(C)C. The number of amides is 1.